The van der Waals surface area contributed by atoms with Crippen LogP contribution in [0.5, 0.6) is 0 Å². The van der Waals surface area contributed by atoms with E-state index >= 15 is 0 Å². The first-order valence-electron chi connectivity index (χ1n) is 17.6. The van der Waals surface area contributed by atoms with Crippen molar-refractivity contribution in [1.82, 2.24) is 0 Å². The van der Waals surface area contributed by atoms with Crippen molar-refractivity contribution in [3.8, 4) is 0 Å². The fourth-order valence-corrected chi connectivity index (χ4v) is 9.95. The van der Waals surface area contributed by atoms with E-state index in [4.69, 9.17) is 5.11 Å². The summed E-state index contributed by atoms with van der Waals surface area (Å²) >= 11 is 0. The summed E-state index contributed by atoms with van der Waals surface area (Å²) in [6.07, 6.45) is 9.53. The Morgan fingerprint density at radius 3 is 2.04 bits per heavy atom. The van der Waals surface area contributed by atoms with Gasteiger partial charge in [-0.05, 0) is 58.2 Å². The summed E-state index contributed by atoms with van der Waals surface area (Å²) in [4.78, 5) is 11.0. The van der Waals surface area contributed by atoms with Crippen LogP contribution < -0.4 is 4.90 Å². The van der Waals surface area contributed by atoms with Crippen LogP contribution in [0.4, 0.5) is 11.4 Å². The van der Waals surface area contributed by atoms with E-state index in [1.54, 1.807) is 31.2 Å². The van der Waals surface area contributed by atoms with E-state index in [0.29, 0.717) is 31.0 Å². The van der Waals surface area contributed by atoms with Crippen LogP contribution in [0.1, 0.15) is 76.8 Å². The SMILES string of the molecule is CC1(C)C(/C=C/C=C/C=C2/N(CCCS(=O)(=O)O)c3cc(S(=O)(=O)O)cc(S(=O)(=O)O)c3C2(C)CCCCCC(=O)O)=[N+](CCCS(=O)(=O)O)c2ccccc21. The van der Waals surface area contributed by atoms with Gasteiger partial charge in [0.2, 0.25) is 5.69 Å². The first-order valence-corrected chi connectivity index (χ1v) is 23.7. The average molecular weight is 860 g/mol. The Hall–Kier alpha value is -3.76. The first-order chi connectivity index (χ1) is 25.8. The molecule has 0 spiro atoms. The second-order valence-electron chi connectivity index (χ2n) is 14.5. The number of allylic oxidation sites excluding steroid dienone is 6. The molecular weight excluding hydrogens is 813 g/mol. The van der Waals surface area contributed by atoms with Gasteiger partial charge in [0.25, 0.3) is 40.5 Å². The van der Waals surface area contributed by atoms with Crippen LogP contribution in [0.3, 0.4) is 0 Å². The molecule has 1 unspecified atom stereocenters. The van der Waals surface area contributed by atoms with Crippen LogP contribution in [0.25, 0.3) is 0 Å². The van der Waals surface area contributed by atoms with Crippen LogP contribution in [0.15, 0.2) is 82.3 Å². The van der Waals surface area contributed by atoms with Crippen molar-refractivity contribution in [1.29, 1.82) is 0 Å². The molecule has 16 nitrogen and oxygen atoms in total. The lowest BCUT2D eigenvalue weighted by Crippen LogP contribution is -2.30. The zero-order valence-electron chi connectivity index (χ0n) is 31.1. The molecule has 0 fully saturated rings. The fourth-order valence-electron chi connectivity index (χ4n) is 7.50. The molecule has 2 aromatic rings. The predicted octanol–water partition coefficient (Wildman–Crippen LogP) is 4.92. The molecular formula is C36H47N2O14S4+. The molecule has 1 atom stereocenters. The lowest BCUT2D eigenvalue weighted by Gasteiger charge is -2.31. The van der Waals surface area contributed by atoms with Crippen molar-refractivity contribution >= 4 is 63.5 Å². The molecule has 0 radical (unpaired) electrons. The average Bonchev–Trinajstić information content (AvgIpc) is 3.41. The summed E-state index contributed by atoms with van der Waals surface area (Å²) in [7, 11) is -18.8. The minimum Gasteiger partial charge on any atom is -0.481 e. The Labute approximate surface area is 328 Å². The Kier molecular flexibility index (Phi) is 13.6. The molecule has 0 aromatic heterocycles. The highest BCUT2D eigenvalue weighted by Gasteiger charge is 2.47. The predicted molar refractivity (Wildman–Crippen MR) is 209 cm³/mol. The summed E-state index contributed by atoms with van der Waals surface area (Å²) < 4.78 is 138. The minimum atomic E-state index is -5.14. The summed E-state index contributed by atoms with van der Waals surface area (Å²) in [6.45, 7) is 5.78. The number of carbonyl (C=O) groups is 1. The quantitative estimate of drug-likeness (QED) is 0.0543. The highest BCUT2D eigenvalue weighted by Crippen LogP contribution is 2.54. The van der Waals surface area contributed by atoms with Crippen molar-refractivity contribution in [3.63, 3.8) is 0 Å². The minimum absolute atomic E-state index is 0.0192. The number of hydrogen-bond donors (Lipinski definition) is 5. The molecule has 2 heterocycles. The van der Waals surface area contributed by atoms with Gasteiger partial charge in [0, 0.05) is 59.5 Å². The van der Waals surface area contributed by atoms with Crippen LogP contribution in [0.2, 0.25) is 0 Å². The maximum absolute atomic E-state index is 12.9. The van der Waals surface area contributed by atoms with E-state index in [1.165, 1.54) is 4.90 Å². The molecule has 2 aliphatic heterocycles. The third-order valence-corrected chi connectivity index (χ3v) is 13.3. The Morgan fingerprint density at radius 2 is 1.43 bits per heavy atom. The molecule has 308 valence electrons. The van der Waals surface area contributed by atoms with Gasteiger partial charge in [0.05, 0.1) is 21.8 Å². The number of carboxylic acids is 1. The maximum Gasteiger partial charge on any atom is 0.303 e. The smallest absolute Gasteiger partial charge is 0.303 e. The lowest BCUT2D eigenvalue weighted by atomic mass is 9.77. The number of rotatable bonds is 19. The van der Waals surface area contributed by atoms with Crippen LogP contribution in [-0.2, 0) is 56.1 Å². The lowest BCUT2D eigenvalue weighted by molar-refractivity contribution is -0.437. The number of aliphatic carboxylic acids is 1. The Balaban J connectivity index is 1.85. The Morgan fingerprint density at radius 1 is 0.786 bits per heavy atom. The number of carboxylic acid groups (broad SMARTS) is 1. The second-order valence-corrected chi connectivity index (χ2v) is 20.4. The molecule has 0 aliphatic carbocycles. The zero-order chi connectivity index (χ0) is 41.9. The number of nitrogens with zero attached hydrogens (tertiary/aromatic N) is 2. The molecule has 2 aliphatic rings. The van der Waals surface area contributed by atoms with Gasteiger partial charge in [-0.15, -0.1) is 0 Å². The molecule has 0 amide bonds. The molecule has 2 aromatic carbocycles. The van der Waals surface area contributed by atoms with Gasteiger partial charge in [0.1, 0.15) is 11.4 Å². The van der Waals surface area contributed by atoms with Gasteiger partial charge >= 0.3 is 5.97 Å². The number of anilines is 1. The van der Waals surface area contributed by atoms with Gasteiger partial charge in [0.15, 0.2) is 5.71 Å². The van der Waals surface area contributed by atoms with Gasteiger partial charge in [-0.2, -0.15) is 38.2 Å². The van der Waals surface area contributed by atoms with Gasteiger partial charge in [-0.25, -0.2) is 0 Å². The molecule has 0 bridgehead atoms. The maximum atomic E-state index is 12.9. The third-order valence-electron chi connectivity index (χ3n) is 9.99. The van der Waals surface area contributed by atoms with E-state index in [0.717, 1.165) is 23.0 Å². The summed E-state index contributed by atoms with van der Waals surface area (Å²) in [5.41, 5.74) is 1.18. The fraction of sp³-hybridized carbons (Fsp3) is 0.444. The standard InChI is InChI=1S/C36H46N2O14S4/c1-35(2)27-14-9-10-15-28(27)37(20-12-22-53(41,42)43)31(35)16-6-4-7-17-32-36(3,19-11-5-8-18-33(39)40)34-29(38(32)21-13-23-54(44,45)46)24-26(55(47,48)49)25-30(34)56(50,51)52/h4,6-7,9-10,14-17,24-25H,5,8,11-13,18-23H2,1-3H3,(H4-,39,40,41,42,43,44,45,46,47,48,49,50,51,52)/p+1. The van der Waals surface area contributed by atoms with E-state index in [9.17, 15) is 56.7 Å². The summed E-state index contributed by atoms with van der Waals surface area (Å²) in [6, 6.07) is 9.30. The first kappa shape index (κ1) is 44.9. The number of unbranched alkanes of at least 4 members (excludes halogenated alkanes) is 2. The molecule has 56 heavy (non-hydrogen) atoms. The summed E-state index contributed by atoms with van der Waals surface area (Å²) in [5.74, 6) is -2.12. The normalized spacial score (nSPS) is 19.4. The molecule has 20 heteroatoms. The van der Waals surface area contributed by atoms with Gasteiger partial charge in [-0.1, -0.05) is 49.3 Å². The van der Waals surface area contributed by atoms with Crippen LogP contribution in [0, 0.1) is 0 Å². The number of para-hydroxylation sites is 1. The topological polar surface area (TPSA) is 261 Å². The van der Waals surface area contributed by atoms with Crippen molar-refractivity contribution < 1.29 is 66.4 Å². The highest BCUT2D eigenvalue weighted by atomic mass is 32.2. The van der Waals surface area contributed by atoms with E-state index < -0.39 is 78.6 Å². The highest BCUT2D eigenvalue weighted by molar-refractivity contribution is 7.87. The zero-order valence-corrected chi connectivity index (χ0v) is 34.3. The van der Waals surface area contributed by atoms with E-state index in [-0.39, 0.29) is 50.0 Å². The van der Waals surface area contributed by atoms with Crippen molar-refractivity contribution in [2.45, 2.75) is 86.3 Å². The van der Waals surface area contributed by atoms with Crippen molar-refractivity contribution in [3.05, 3.63) is 83.6 Å². The van der Waals surface area contributed by atoms with Crippen molar-refractivity contribution in [2.24, 2.45) is 0 Å². The van der Waals surface area contributed by atoms with E-state index in [2.05, 4.69) is 0 Å². The largest absolute Gasteiger partial charge is 0.481 e. The number of hydrogen-bond acceptors (Lipinski definition) is 10. The second kappa shape index (κ2) is 17.0. The monoisotopic (exact) mass is 859 g/mol. The third kappa shape index (κ3) is 10.8. The molecule has 5 N–H and O–H groups in total. The molecule has 4 rings (SSSR count). The van der Waals surface area contributed by atoms with Gasteiger partial charge in [-0.3, -0.25) is 23.0 Å². The Bertz CT molecular complexity index is 2430. The van der Waals surface area contributed by atoms with Crippen LogP contribution in [-0.4, -0.2) is 97.8 Å². The van der Waals surface area contributed by atoms with Gasteiger partial charge < -0.3 is 10.0 Å². The van der Waals surface area contributed by atoms with Crippen molar-refractivity contribution in [2.75, 3.05) is 29.5 Å². The van der Waals surface area contributed by atoms with E-state index in [1.807, 2.05) is 48.8 Å². The molecule has 0 saturated heterocycles. The number of benzene rings is 2. The molecule has 0 saturated carbocycles. The number of fused-ring (bicyclic) bond motifs is 2. The summed E-state index contributed by atoms with van der Waals surface area (Å²) in [5, 5.41) is 9.12. The van der Waals surface area contributed by atoms with Crippen LogP contribution >= 0.6 is 0 Å².